The maximum absolute atomic E-state index is 11.1. The third-order valence-corrected chi connectivity index (χ3v) is 8.24. The van der Waals surface area contributed by atoms with Gasteiger partial charge in [0.25, 0.3) is 0 Å². The van der Waals surface area contributed by atoms with E-state index in [4.69, 9.17) is 11.6 Å². The van der Waals surface area contributed by atoms with Gasteiger partial charge in [-0.15, -0.1) is 23.4 Å². The molecule has 2 fully saturated rings. The van der Waals surface area contributed by atoms with Crippen molar-refractivity contribution in [2.75, 3.05) is 30.1 Å². The smallest absolute Gasteiger partial charge is 0.315 e. The highest BCUT2D eigenvalue weighted by molar-refractivity contribution is 8.03. The van der Waals surface area contributed by atoms with Crippen LogP contribution in [0.1, 0.15) is 38.5 Å². The number of halogens is 1. The number of methoxy groups -OCH3 is 1. The molecule has 7 heteroatoms. The molecule has 0 aromatic carbocycles. The van der Waals surface area contributed by atoms with Gasteiger partial charge in [0.1, 0.15) is 6.10 Å². The molecule has 4 nitrogen and oxygen atoms in total. The minimum atomic E-state index is -0.588. The molecule has 2 aliphatic rings. The molecule has 0 aromatic rings. The standard InChI is InChI=1S/C20H31ClO4S2/c1-25-20(24)13-27-10-9-26-12-16-15(19(23)11-17(16)21)7-8-18(22)14-5-3-2-4-6-14/h14-19,22-23H,2-6,9-13H2,1H3/t15-,16-,17-,18-,19-/m1/s1. The lowest BCUT2D eigenvalue weighted by molar-refractivity contribution is -0.137. The molecule has 2 rings (SSSR count). The van der Waals surface area contributed by atoms with Crippen molar-refractivity contribution in [3.63, 3.8) is 0 Å². The van der Waals surface area contributed by atoms with Crippen LogP contribution < -0.4 is 0 Å². The Kier molecular flexibility index (Phi) is 10.7. The van der Waals surface area contributed by atoms with Gasteiger partial charge in [0.2, 0.25) is 0 Å². The average Bonchev–Trinajstić information content (AvgIpc) is 2.95. The summed E-state index contributed by atoms with van der Waals surface area (Å²) in [5.74, 6) is 9.24. The molecule has 2 saturated carbocycles. The minimum Gasteiger partial charge on any atom is -0.468 e. The van der Waals surface area contributed by atoms with Gasteiger partial charge in [-0.05, 0) is 30.9 Å². The average molecular weight is 435 g/mol. The third-order valence-electron chi connectivity index (χ3n) is 5.43. The number of hydrogen-bond acceptors (Lipinski definition) is 6. The lowest BCUT2D eigenvalue weighted by atomic mass is 9.85. The van der Waals surface area contributed by atoms with E-state index < -0.39 is 12.2 Å². The van der Waals surface area contributed by atoms with Crippen molar-refractivity contribution in [1.82, 2.24) is 0 Å². The van der Waals surface area contributed by atoms with Crippen molar-refractivity contribution >= 4 is 41.1 Å². The maximum Gasteiger partial charge on any atom is 0.315 e. The maximum atomic E-state index is 11.1. The van der Waals surface area contributed by atoms with Crippen LogP contribution in [0, 0.1) is 29.6 Å². The zero-order valence-corrected chi connectivity index (χ0v) is 18.3. The SMILES string of the molecule is COC(=O)CSCCSC[C@@H]1[C@@H](C#C[C@@H](O)C2CCCCC2)[C@H](O)C[C@H]1Cl. The molecule has 0 saturated heterocycles. The zero-order chi connectivity index (χ0) is 19.6. The van der Waals surface area contributed by atoms with Crippen LogP contribution in [0.4, 0.5) is 0 Å². The molecule has 0 amide bonds. The van der Waals surface area contributed by atoms with Gasteiger partial charge in [-0.1, -0.05) is 31.1 Å². The van der Waals surface area contributed by atoms with Crippen LogP contribution in [0.5, 0.6) is 0 Å². The summed E-state index contributed by atoms with van der Waals surface area (Å²) < 4.78 is 4.62. The Labute approximate surface area is 176 Å². The normalized spacial score (nSPS) is 29.8. The highest BCUT2D eigenvalue weighted by Crippen LogP contribution is 2.38. The molecule has 5 atom stereocenters. The van der Waals surface area contributed by atoms with Crippen molar-refractivity contribution in [3.05, 3.63) is 0 Å². The second-order valence-electron chi connectivity index (χ2n) is 7.34. The third kappa shape index (κ3) is 7.70. The lowest BCUT2D eigenvalue weighted by Gasteiger charge is -2.23. The van der Waals surface area contributed by atoms with Gasteiger partial charge < -0.3 is 14.9 Å². The number of aliphatic hydroxyl groups excluding tert-OH is 2. The van der Waals surface area contributed by atoms with Crippen LogP contribution in [0.2, 0.25) is 0 Å². The molecular weight excluding hydrogens is 404 g/mol. The molecule has 0 heterocycles. The second kappa shape index (κ2) is 12.5. The summed E-state index contributed by atoms with van der Waals surface area (Å²) in [5, 5.41) is 20.6. The first-order valence-electron chi connectivity index (χ1n) is 9.76. The van der Waals surface area contributed by atoms with Crippen LogP contribution in [0.15, 0.2) is 0 Å². The number of carbonyl (C=O) groups is 1. The predicted molar refractivity (Wildman–Crippen MR) is 114 cm³/mol. The Balaban J connectivity index is 1.78. The van der Waals surface area contributed by atoms with E-state index >= 15 is 0 Å². The van der Waals surface area contributed by atoms with E-state index in [2.05, 4.69) is 16.6 Å². The monoisotopic (exact) mass is 434 g/mol. The van der Waals surface area contributed by atoms with Crippen LogP contribution in [-0.4, -0.2) is 63.9 Å². The molecule has 27 heavy (non-hydrogen) atoms. The Morgan fingerprint density at radius 3 is 2.67 bits per heavy atom. The molecule has 0 bridgehead atoms. The number of carbonyl (C=O) groups excluding carboxylic acids is 1. The fourth-order valence-electron chi connectivity index (χ4n) is 3.77. The Bertz CT molecular complexity index is 516. The number of rotatable bonds is 8. The molecule has 0 spiro atoms. The molecular formula is C20H31ClO4S2. The fraction of sp³-hybridized carbons (Fsp3) is 0.850. The first-order chi connectivity index (χ1) is 13.0. The van der Waals surface area contributed by atoms with Crippen LogP contribution in [0.3, 0.4) is 0 Å². The molecule has 0 aliphatic heterocycles. The topological polar surface area (TPSA) is 66.8 Å². The van der Waals surface area contributed by atoms with Crippen LogP contribution in [-0.2, 0) is 9.53 Å². The Hall–Kier alpha value is -0.0600. The van der Waals surface area contributed by atoms with Crippen molar-refractivity contribution in [2.24, 2.45) is 17.8 Å². The summed E-state index contributed by atoms with van der Waals surface area (Å²) in [7, 11) is 1.40. The van der Waals surface area contributed by atoms with Gasteiger partial charge in [0.05, 0.1) is 24.9 Å². The Morgan fingerprint density at radius 1 is 1.26 bits per heavy atom. The number of aliphatic hydroxyl groups is 2. The van der Waals surface area contributed by atoms with E-state index in [-0.39, 0.29) is 29.1 Å². The van der Waals surface area contributed by atoms with Gasteiger partial charge in [-0.2, -0.15) is 11.8 Å². The molecule has 2 N–H and O–H groups in total. The molecule has 154 valence electrons. The van der Waals surface area contributed by atoms with Crippen molar-refractivity contribution < 1.29 is 19.7 Å². The summed E-state index contributed by atoms with van der Waals surface area (Å²) in [6.45, 7) is 0. The van der Waals surface area contributed by atoms with E-state index in [1.807, 2.05) is 0 Å². The summed E-state index contributed by atoms with van der Waals surface area (Å²) in [4.78, 5) is 11.1. The van der Waals surface area contributed by atoms with Gasteiger partial charge in [-0.3, -0.25) is 4.79 Å². The number of ether oxygens (including phenoxy) is 1. The summed E-state index contributed by atoms with van der Waals surface area (Å²) in [6, 6.07) is 0. The van der Waals surface area contributed by atoms with Crippen LogP contribution in [0.25, 0.3) is 0 Å². The summed E-state index contributed by atoms with van der Waals surface area (Å²) in [6.07, 6.45) is 5.14. The quantitative estimate of drug-likeness (QED) is 0.265. The molecule has 0 unspecified atom stereocenters. The second-order valence-corrected chi connectivity index (χ2v) is 10.2. The van der Waals surface area contributed by atoms with E-state index in [0.717, 1.165) is 30.1 Å². The molecule has 2 aliphatic carbocycles. The van der Waals surface area contributed by atoms with Crippen molar-refractivity contribution in [1.29, 1.82) is 0 Å². The highest BCUT2D eigenvalue weighted by Gasteiger charge is 2.40. The van der Waals surface area contributed by atoms with Crippen molar-refractivity contribution in [3.8, 4) is 11.8 Å². The molecule has 0 aromatic heterocycles. The van der Waals surface area contributed by atoms with E-state index in [1.54, 1.807) is 23.5 Å². The largest absolute Gasteiger partial charge is 0.468 e. The number of hydrogen-bond donors (Lipinski definition) is 2. The number of esters is 1. The minimum absolute atomic E-state index is 0.0821. The van der Waals surface area contributed by atoms with Gasteiger partial charge in [0, 0.05) is 22.8 Å². The number of thioether (sulfide) groups is 2. The summed E-state index contributed by atoms with van der Waals surface area (Å²) in [5.41, 5.74) is 0. The van der Waals surface area contributed by atoms with E-state index in [9.17, 15) is 15.0 Å². The fourth-order valence-corrected chi connectivity index (χ4v) is 6.56. The Morgan fingerprint density at radius 2 is 1.96 bits per heavy atom. The number of alkyl halides is 1. The molecule has 0 radical (unpaired) electrons. The van der Waals surface area contributed by atoms with Gasteiger partial charge in [-0.25, -0.2) is 0 Å². The van der Waals surface area contributed by atoms with Gasteiger partial charge in [0.15, 0.2) is 0 Å². The van der Waals surface area contributed by atoms with E-state index in [0.29, 0.717) is 12.2 Å². The zero-order valence-electron chi connectivity index (χ0n) is 15.9. The lowest BCUT2D eigenvalue weighted by Crippen LogP contribution is -2.24. The van der Waals surface area contributed by atoms with Crippen molar-refractivity contribution in [2.45, 2.75) is 56.1 Å². The van der Waals surface area contributed by atoms with E-state index in [1.165, 1.54) is 26.4 Å². The van der Waals surface area contributed by atoms with Gasteiger partial charge >= 0.3 is 5.97 Å². The summed E-state index contributed by atoms with van der Waals surface area (Å²) >= 11 is 9.81. The highest BCUT2D eigenvalue weighted by atomic mass is 35.5. The predicted octanol–water partition coefficient (Wildman–Crippen LogP) is 3.17. The first-order valence-corrected chi connectivity index (χ1v) is 12.5. The first kappa shape index (κ1) is 23.2. The van der Waals surface area contributed by atoms with Crippen LogP contribution >= 0.6 is 35.1 Å².